The monoisotopic (exact) mass is 247 g/mol. The van der Waals surface area contributed by atoms with Crippen LogP contribution in [0.3, 0.4) is 0 Å². The zero-order valence-electron chi connectivity index (χ0n) is 11.8. The van der Waals surface area contributed by atoms with E-state index in [1.165, 1.54) is 18.4 Å². The average Bonchev–Trinajstić information content (AvgIpc) is 2.73. The number of phenolic OH excluding ortho intramolecular Hbond substituents is 1. The standard InChI is InChI=1S/C16H25NO/c1-16(2,3)11-12-6-7-15(18)13(9-12)10-14-5-4-8-17-14/h6-7,9,14,17-18H,4-5,8,10-11H2,1-3H3. The Kier molecular flexibility index (Phi) is 3.96. The normalized spacial score (nSPS) is 20.3. The van der Waals surface area contributed by atoms with Crippen LogP contribution in [0.15, 0.2) is 18.2 Å². The van der Waals surface area contributed by atoms with Crippen LogP contribution in [0.1, 0.15) is 44.7 Å². The van der Waals surface area contributed by atoms with E-state index in [1.807, 2.05) is 12.1 Å². The molecule has 1 aliphatic rings. The van der Waals surface area contributed by atoms with Gasteiger partial charge >= 0.3 is 0 Å². The molecule has 0 spiro atoms. The lowest BCUT2D eigenvalue weighted by molar-refractivity contribution is 0.410. The molecule has 0 aliphatic carbocycles. The minimum Gasteiger partial charge on any atom is -0.508 e. The van der Waals surface area contributed by atoms with Gasteiger partial charge in [0.15, 0.2) is 0 Å². The van der Waals surface area contributed by atoms with Crippen molar-refractivity contribution >= 4 is 0 Å². The summed E-state index contributed by atoms with van der Waals surface area (Å²) >= 11 is 0. The first kappa shape index (κ1) is 13.4. The fourth-order valence-electron chi connectivity index (χ4n) is 2.72. The Morgan fingerprint density at radius 2 is 2.11 bits per heavy atom. The largest absolute Gasteiger partial charge is 0.508 e. The Bertz CT molecular complexity index is 400. The fraction of sp³-hybridized carbons (Fsp3) is 0.625. The lowest BCUT2D eigenvalue weighted by Gasteiger charge is -2.19. The van der Waals surface area contributed by atoms with Crippen LogP contribution < -0.4 is 5.32 Å². The maximum absolute atomic E-state index is 9.97. The van der Waals surface area contributed by atoms with Crippen molar-refractivity contribution in [3.05, 3.63) is 29.3 Å². The van der Waals surface area contributed by atoms with E-state index in [2.05, 4.69) is 32.2 Å². The summed E-state index contributed by atoms with van der Waals surface area (Å²) < 4.78 is 0. The molecule has 2 heteroatoms. The van der Waals surface area contributed by atoms with Crippen LogP contribution in [-0.4, -0.2) is 17.7 Å². The molecule has 18 heavy (non-hydrogen) atoms. The summed E-state index contributed by atoms with van der Waals surface area (Å²) in [5, 5.41) is 13.5. The molecule has 2 rings (SSSR count). The summed E-state index contributed by atoms with van der Waals surface area (Å²) in [5.74, 6) is 0.446. The average molecular weight is 247 g/mol. The van der Waals surface area contributed by atoms with Crippen molar-refractivity contribution < 1.29 is 5.11 Å². The maximum Gasteiger partial charge on any atom is 0.118 e. The molecule has 100 valence electrons. The van der Waals surface area contributed by atoms with Gasteiger partial charge < -0.3 is 10.4 Å². The van der Waals surface area contributed by atoms with Crippen molar-refractivity contribution in [2.24, 2.45) is 5.41 Å². The second-order valence-corrected chi connectivity index (χ2v) is 6.70. The van der Waals surface area contributed by atoms with Gasteiger partial charge in [-0.25, -0.2) is 0 Å². The number of hydrogen-bond acceptors (Lipinski definition) is 2. The molecule has 0 saturated carbocycles. The quantitative estimate of drug-likeness (QED) is 0.859. The van der Waals surface area contributed by atoms with E-state index in [4.69, 9.17) is 0 Å². The van der Waals surface area contributed by atoms with Gasteiger partial charge in [-0.1, -0.05) is 32.9 Å². The molecule has 1 aliphatic heterocycles. The van der Waals surface area contributed by atoms with Gasteiger partial charge in [0.05, 0.1) is 0 Å². The van der Waals surface area contributed by atoms with E-state index in [1.54, 1.807) is 0 Å². The van der Waals surface area contributed by atoms with E-state index in [0.29, 0.717) is 17.2 Å². The second kappa shape index (κ2) is 5.31. The van der Waals surface area contributed by atoms with E-state index < -0.39 is 0 Å². The van der Waals surface area contributed by atoms with Crippen LogP contribution in [0, 0.1) is 5.41 Å². The summed E-state index contributed by atoms with van der Waals surface area (Å²) in [6.45, 7) is 7.86. The SMILES string of the molecule is CC(C)(C)Cc1ccc(O)c(CC2CCCN2)c1. The van der Waals surface area contributed by atoms with Gasteiger partial charge in [0, 0.05) is 6.04 Å². The molecule has 1 heterocycles. The first-order chi connectivity index (χ1) is 8.44. The number of benzene rings is 1. The highest BCUT2D eigenvalue weighted by Crippen LogP contribution is 2.26. The summed E-state index contributed by atoms with van der Waals surface area (Å²) in [7, 11) is 0. The molecule has 0 bridgehead atoms. The van der Waals surface area contributed by atoms with Crippen molar-refractivity contribution in [2.75, 3.05) is 6.54 Å². The Morgan fingerprint density at radius 3 is 2.72 bits per heavy atom. The molecule has 2 nitrogen and oxygen atoms in total. The van der Waals surface area contributed by atoms with Gasteiger partial charge in [-0.2, -0.15) is 0 Å². The Hall–Kier alpha value is -1.02. The fourth-order valence-corrected chi connectivity index (χ4v) is 2.72. The summed E-state index contributed by atoms with van der Waals surface area (Å²) in [6.07, 6.45) is 4.48. The van der Waals surface area contributed by atoms with Gasteiger partial charge in [-0.3, -0.25) is 0 Å². The number of aromatic hydroxyl groups is 1. The third-order valence-electron chi connectivity index (χ3n) is 3.51. The number of phenols is 1. The van der Waals surface area contributed by atoms with Crippen LogP contribution >= 0.6 is 0 Å². The molecular weight excluding hydrogens is 222 g/mol. The smallest absolute Gasteiger partial charge is 0.118 e. The molecule has 1 aromatic carbocycles. The zero-order valence-corrected chi connectivity index (χ0v) is 11.8. The van der Waals surface area contributed by atoms with Gasteiger partial charge in [-0.15, -0.1) is 0 Å². The minimum atomic E-state index is 0.292. The van der Waals surface area contributed by atoms with Gasteiger partial charge in [-0.05, 0) is 54.8 Å². The minimum absolute atomic E-state index is 0.292. The van der Waals surface area contributed by atoms with Crippen LogP contribution in [0.5, 0.6) is 5.75 Å². The lowest BCUT2D eigenvalue weighted by Crippen LogP contribution is -2.23. The topological polar surface area (TPSA) is 32.3 Å². The van der Waals surface area contributed by atoms with Crippen LogP contribution in [0.25, 0.3) is 0 Å². The zero-order chi connectivity index (χ0) is 13.2. The predicted molar refractivity (Wildman–Crippen MR) is 76.0 cm³/mol. The Morgan fingerprint density at radius 1 is 1.33 bits per heavy atom. The van der Waals surface area contributed by atoms with Crippen molar-refractivity contribution in [1.29, 1.82) is 0 Å². The van der Waals surface area contributed by atoms with Crippen molar-refractivity contribution in [3.8, 4) is 5.75 Å². The van der Waals surface area contributed by atoms with Crippen LogP contribution in [0.4, 0.5) is 0 Å². The molecule has 1 saturated heterocycles. The third kappa shape index (κ3) is 3.74. The van der Waals surface area contributed by atoms with Gasteiger partial charge in [0.2, 0.25) is 0 Å². The molecule has 1 atom stereocenters. The Balaban J connectivity index is 2.10. The molecular formula is C16H25NO. The summed E-state index contributed by atoms with van der Waals surface area (Å²) in [5.41, 5.74) is 2.71. The van der Waals surface area contributed by atoms with Gasteiger partial charge in [0.25, 0.3) is 0 Å². The van der Waals surface area contributed by atoms with Crippen molar-refractivity contribution in [1.82, 2.24) is 5.32 Å². The highest BCUT2D eigenvalue weighted by molar-refractivity contribution is 5.37. The summed E-state index contributed by atoms with van der Waals surface area (Å²) in [6, 6.07) is 6.62. The van der Waals surface area contributed by atoms with E-state index in [9.17, 15) is 5.11 Å². The first-order valence-electron chi connectivity index (χ1n) is 6.98. The number of rotatable bonds is 3. The van der Waals surface area contributed by atoms with Crippen LogP contribution in [-0.2, 0) is 12.8 Å². The van der Waals surface area contributed by atoms with Crippen molar-refractivity contribution in [2.45, 2.75) is 52.5 Å². The number of nitrogens with one attached hydrogen (secondary N) is 1. The summed E-state index contributed by atoms with van der Waals surface area (Å²) in [4.78, 5) is 0. The van der Waals surface area contributed by atoms with Crippen LogP contribution in [0.2, 0.25) is 0 Å². The molecule has 1 aromatic rings. The maximum atomic E-state index is 9.97. The molecule has 2 N–H and O–H groups in total. The van der Waals surface area contributed by atoms with E-state index in [-0.39, 0.29) is 0 Å². The number of hydrogen-bond donors (Lipinski definition) is 2. The Labute approximate surface area is 110 Å². The molecule has 0 aromatic heterocycles. The van der Waals surface area contributed by atoms with E-state index in [0.717, 1.165) is 24.9 Å². The second-order valence-electron chi connectivity index (χ2n) is 6.70. The van der Waals surface area contributed by atoms with Crippen molar-refractivity contribution in [3.63, 3.8) is 0 Å². The van der Waals surface area contributed by atoms with Gasteiger partial charge in [0.1, 0.15) is 5.75 Å². The molecule has 0 radical (unpaired) electrons. The lowest BCUT2D eigenvalue weighted by atomic mass is 9.87. The molecule has 1 fully saturated rings. The highest BCUT2D eigenvalue weighted by Gasteiger charge is 2.17. The predicted octanol–water partition coefficient (Wildman–Crippen LogP) is 3.28. The third-order valence-corrected chi connectivity index (χ3v) is 3.51. The molecule has 0 amide bonds. The molecule has 1 unspecified atom stereocenters. The van der Waals surface area contributed by atoms with E-state index >= 15 is 0 Å². The highest BCUT2D eigenvalue weighted by atomic mass is 16.3. The first-order valence-corrected chi connectivity index (χ1v) is 6.98.